The molecule has 1 aliphatic rings. The number of carbonyl (C=O) groups excluding carboxylic acids is 2. The summed E-state index contributed by atoms with van der Waals surface area (Å²) in [6.07, 6.45) is -12.3. The number of halogens is 7. The molecule has 230 valence electrons. The lowest BCUT2D eigenvalue weighted by molar-refractivity contribution is -0.205. The number of hydrogen-bond donors (Lipinski definition) is 2. The molecule has 2 aromatic carbocycles. The Morgan fingerprint density at radius 3 is 2.33 bits per heavy atom. The first-order valence-corrected chi connectivity index (χ1v) is 14.8. The molecule has 3 atom stereocenters. The summed E-state index contributed by atoms with van der Waals surface area (Å²) in [6.45, 7) is -0.753. The molecule has 1 aliphatic heterocycles. The maximum atomic E-state index is 13.2. The smallest absolute Gasteiger partial charge is 0.384 e. The van der Waals surface area contributed by atoms with E-state index in [9.17, 15) is 49.5 Å². The van der Waals surface area contributed by atoms with Crippen molar-refractivity contribution in [2.45, 2.75) is 43.8 Å². The molecule has 0 spiro atoms. The summed E-state index contributed by atoms with van der Waals surface area (Å²) in [5.74, 6) is -3.50. The van der Waals surface area contributed by atoms with Gasteiger partial charge in [0.15, 0.2) is 0 Å². The van der Waals surface area contributed by atoms with E-state index in [0.717, 1.165) is 23.4 Å². The van der Waals surface area contributed by atoms with Crippen LogP contribution >= 0.6 is 11.6 Å². The monoisotopic (exact) mass is 641 g/mol. The zero-order chi connectivity index (χ0) is 31.5. The zero-order valence-electron chi connectivity index (χ0n) is 21.9. The number of benzene rings is 2. The number of carbonyl (C=O) groups is 2. The maximum Gasteiger partial charge on any atom is 0.416 e. The van der Waals surface area contributed by atoms with E-state index in [4.69, 9.17) is 11.6 Å². The van der Waals surface area contributed by atoms with Gasteiger partial charge in [-0.1, -0.05) is 35.9 Å². The highest BCUT2D eigenvalue weighted by Gasteiger charge is 2.40. The Kier molecular flexibility index (Phi) is 10.3. The van der Waals surface area contributed by atoms with Gasteiger partial charge in [0.2, 0.25) is 5.91 Å². The highest BCUT2D eigenvalue weighted by molar-refractivity contribution is 7.90. The maximum absolute atomic E-state index is 13.2. The van der Waals surface area contributed by atoms with Gasteiger partial charge in [0.05, 0.1) is 29.0 Å². The second kappa shape index (κ2) is 13.0. The van der Waals surface area contributed by atoms with Crippen LogP contribution in [0.3, 0.4) is 0 Å². The fraction of sp³-hybridized carbons (Fsp3) is 0.423. The summed E-state index contributed by atoms with van der Waals surface area (Å²) < 4.78 is 102. The fourth-order valence-corrected chi connectivity index (χ4v) is 5.32. The Bertz CT molecular complexity index is 1430. The van der Waals surface area contributed by atoms with Gasteiger partial charge in [-0.15, -0.1) is 0 Å². The van der Waals surface area contributed by atoms with Crippen molar-refractivity contribution < 1.29 is 49.5 Å². The van der Waals surface area contributed by atoms with Gasteiger partial charge in [0.25, 0.3) is 5.91 Å². The predicted octanol–water partition coefficient (Wildman–Crippen LogP) is 4.52. The number of sulfone groups is 1. The van der Waals surface area contributed by atoms with Crippen molar-refractivity contribution in [3.63, 3.8) is 0 Å². The second-order valence-corrected chi connectivity index (χ2v) is 12.4. The highest BCUT2D eigenvalue weighted by atomic mass is 35.5. The van der Waals surface area contributed by atoms with Crippen LogP contribution in [0, 0.1) is 5.92 Å². The lowest BCUT2D eigenvalue weighted by Gasteiger charge is -2.21. The Labute approximate surface area is 242 Å². The van der Waals surface area contributed by atoms with Crippen LogP contribution < -0.4 is 5.32 Å². The van der Waals surface area contributed by atoms with Gasteiger partial charge >= 0.3 is 12.4 Å². The number of hydrazone groups is 1. The standard InChI is InChI=1S/C26H26ClF6N3O5S/c1-42(40,41)14-20(16-4-2-5-17(12-16)25(28,29)30)34-22(38)13-36-24(39)19(6-3-7-21(37)26(31,32)33)23(35-36)15-8-10-18(27)11-9-15/h2,4-5,8-12,19-21,37H,3,6-7,13-14H2,1H3,(H,34,38)/t19?,20?,21-/m0/s1. The molecule has 0 radical (unpaired) electrons. The number of aliphatic hydroxyl groups excluding tert-OH is 1. The number of nitrogens with one attached hydrogen (secondary N) is 1. The number of amides is 2. The van der Waals surface area contributed by atoms with Crippen LogP contribution in [0.2, 0.25) is 5.02 Å². The second-order valence-electron chi connectivity index (χ2n) is 9.76. The van der Waals surface area contributed by atoms with Crippen LogP contribution in [0.25, 0.3) is 0 Å². The molecule has 2 N–H and O–H groups in total. The number of rotatable bonds is 11. The van der Waals surface area contributed by atoms with Crippen LogP contribution in [0.5, 0.6) is 0 Å². The molecular weight excluding hydrogens is 616 g/mol. The molecule has 2 unspecified atom stereocenters. The molecule has 0 aliphatic carbocycles. The van der Waals surface area contributed by atoms with Crippen molar-refractivity contribution in [3.8, 4) is 0 Å². The van der Waals surface area contributed by atoms with E-state index in [2.05, 4.69) is 10.4 Å². The lowest BCUT2D eigenvalue weighted by atomic mass is 9.91. The van der Waals surface area contributed by atoms with E-state index in [-0.39, 0.29) is 24.1 Å². The number of alkyl halides is 6. The molecule has 0 bridgehead atoms. The van der Waals surface area contributed by atoms with E-state index < -0.39 is 76.3 Å². The van der Waals surface area contributed by atoms with Gasteiger partial charge in [-0.2, -0.15) is 31.4 Å². The van der Waals surface area contributed by atoms with Crippen molar-refractivity contribution >= 4 is 39.0 Å². The van der Waals surface area contributed by atoms with Gasteiger partial charge in [-0.25, -0.2) is 13.4 Å². The Hall–Kier alpha value is -3.17. The largest absolute Gasteiger partial charge is 0.416 e. The molecule has 3 rings (SSSR count). The van der Waals surface area contributed by atoms with Gasteiger partial charge < -0.3 is 10.4 Å². The molecule has 2 amide bonds. The van der Waals surface area contributed by atoms with Crippen LogP contribution in [0.1, 0.15) is 42.0 Å². The topological polar surface area (TPSA) is 116 Å². The van der Waals surface area contributed by atoms with Gasteiger partial charge in [-0.3, -0.25) is 9.59 Å². The molecule has 16 heteroatoms. The predicted molar refractivity (Wildman–Crippen MR) is 141 cm³/mol. The third-order valence-electron chi connectivity index (χ3n) is 6.31. The minimum Gasteiger partial charge on any atom is -0.384 e. The minimum absolute atomic E-state index is 0.136. The van der Waals surface area contributed by atoms with Crippen molar-refractivity contribution in [1.29, 1.82) is 0 Å². The molecule has 42 heavy (non-hydrogen) atoms. The summed E-state index contributed by atoms with van der Waals surface area (Å²) in [4.78, 5) is 26.1. The first-order chi connectivity index (χ1) is 19.3. The summed E-state index contributed by atoms with van der Waals surface area (Å²) >= 11 is 5.91. The number of nitrogens with zero attached hydrogens (tertiary/aromatic N) is 2. The highest BCUT2D eigenvalue weighted by Crippen LogP contribution is 2.32. The van der Waals surface area contributed by atoms with Crippen LogP contribution in [-0.4, -0.2) is 66.9 Å². The fourth-order valence-electron chi connectivity index (χ4n) is 4.31. The Morgan fingerprint density at radius 1 is 1.12 bits per heavy atom. The van der Waals surface area contributed by atoms with Gasteiger partial charge in [0, 0.05) is 11.3 Å². The van der Waals surface area contributed by atoms with E-state index in [1.54, 1.807) is 0 Å². The number of aliphatic hydroxyl groups is 1. The van der Waals surface area contributed by atoms with Crippen molar-refractivity contribution in [3.05, 3.63) is 70.2 Å². The molecular formula is C26H26ClF6N3O5S. The number of hydrogen-bond acceptors (Lipinski definition) is 6. The molecule has 2 aromatic rings. The Balaban J connectivity index is 1.82. The van der Waals surface area contributed by atoms with E-state index in [1.165, 1.54) is 30.3 Å². The van der Waals surface area contributed by atoms with Crippen molar-refractivity contribution in [2.24, 2.45) is 11.0 Å². The molecule has 0 fully saturated rings. The molecule has 8 nitrogen and oxygen atoms in total. The summed E-state index contributed by atoms with van der Waals surface area (Å²) in [5.41, 5.74) is -0.659. The van der Waals surface area contributed by atoms with Crippen LogP contribution in [0.15, 0.2) is 53.6 Å². The lowest BCUT2D eigenvalue weighted by Crippen LogP contribution is -2.41. The molecule has 0 saturated heterocycles. The first kappa shape index (κ1) is 33.3. The summed E-state index contributed by atoms with van der Waals surface area (Å²) in [6, 6.07) is 8.40. The SMILES string of the molecule is CS(=O)(=O)CC(NC(=O)CN1N=C(c2ccc(Cl)cc2)C(CCC[C@H](O)C(F)(F)F)C1=O)c1cccc(C(F)(F)F)c1. The first-order valence-electron chi connectivity index (χ1n) is 12.4. The average molecular weight is 642 g/mol. The summed E-state index contributed by atoms with van der Waals surface area (Å²) in [7, 11) is -3.80. The third-order valence-corrected chi connectivity index (χ3v) is 7.50. The average Bonchev–Trinajstić information content (AvgIpc) is 3.17. The van der Waals surface area contributed by atoms with Crippen molar-refractivity contribution in [1.82, 2.24) is 10.3 Å². The Morgan fingerprint density at radius 2 is 1.76 bits per heavy atom. The van der Waals surface area contributed by atoms with Gasteiger partial charge in [0.1, 0.15) is 22.5 Å². The zero-order valence-corrected chi connectivity index (χ0v) is 23.5. The normalized spacial score (nSPS) is 17.6. The molecule has 0 saturated carbocycles. The summed E-state index contributed by atoms with van der Waals surface area (Å²) in [5, 5.41) is 16.9. The third kappa shape index (κ3) is 9.16. The van der Waals surface area contributed by atoms with E-state index in [1.807, 2.05) is 0 Å². The van der Waals surface area contributed by atoms with E-state index >= 15 is 0 Å². The quantitative estimate of drug-likeness (QED) is 0.350. The molecule has 1 heterocycles. The van der Waals surface area contributed by atoms with Crippen LogP contribution in [0.4, 0.5) is 26.3 Å². The minimum atomic E-state index is -4.83. The van der Waals surface area contributed by atoms with Gasteiger partial charge in [-0.05, 0) is 54.7 Å². The van der Waals surface area contributed by atoms with E-state index in [0.29, 0.717) is 16.7 Å². The van der Waals surface area contributed by atoms with Crippen LogP contribution in [-0.2, 0) is 25.6 Å². The van der Waals surface area contributed by atoms with Crippen molar-refractivity contribution in [2.75, 3.05) is 18.6 Å². The molecule has 0 aromatic heterocycles.